The number of carbonyl (C=O) groups excluding carboxylic acids is 2. The van der Waals surface area contributed by atoms with Gasteiger partial charge in [0.1, 0.15) is 18.7 Å². The summed E-state index contributed by atoms with van der Waals surface area (Å²) in [4.78, 5) is 39.0. The third-order valence-electron chi connectivity index (χ3n) is 6.09. The lowest BCUT2D eigenvalue weighted by Gasteiger charge is -2.23. The van der Waals surface area contributed by atoms with E-state index in [0.717, 1.165) is 22.3 Å². The first-order chi connectivity index (χ1) is 16.8. The molecule has 8 nitrogen and oxygen atoms in total. The van der Waals surface area contributed by atoms with E-state index < -0.39 is 30.1 Å². The zero-order chi connectivity index (χ0) is 25.4. The number of carbonyl (C=O) groups is 3. The van der Waals surface area contributed by atoms with Crippen LogP contribution >= 0.6 is 0 Å². The number of amides is 2. The second-order valence-corrected chi connectivity index (χ2v) is 8.88. The molecule has 2 atom stereocenters. The molecule has 35 heavy (non-hydrogen) atoms. The van der Waals surface area contributed by atoms with Crippen LogP contribution in [0.5, 0.6) is 0 Å². The minimum absolute atomic E-state index is 0.0995. The van der Waals surface area contributed by atoms with Crippen molar-refractivity contribution in [1.29, 1.82) is 0 Å². The number of carboxylic acid groups (broad SMARTS) is 1. The Kier molecular flexibility index (Phi) is 9.03. The number of hydrogen-bond donors (Lipinski definition) is 3. The standard InChI is InChI=1S/C27H33N3O5/c1-4-5-14-24(26(32)33)28-25(31)23(15-16-30(2)3)29-27(34)35-17-22-20-12-8-6-10-18(20)19-11-7-9-13-21(19)22/h4,6-13,22-24H,1,5,14-17H2,2-3H3,(H,28,31)(H,29,34)(H,32,33). The first-order valence-electron chi connectivity index (χ1n) is 11.7. The predicted octanol–water partition coefficient (Wildman–Crippen LogP) is 3.38. The van der Waals surface area contributed by atoms with Crippen LogP contribution in [0, 0.1) is 0 Å². The van der Waals surface area contributed by atoms with E-state index in [9.17, 15) is 19.5 Å². The SMILES string of the molecule is C=CCCC(NC(=O)C(CCN(C)C)NC(=O)OCC1c2ccccc2-c2ccccc21)C(=O)O. The molecule has 3 N–H and O–H groups in total. The number of nitrogens with one attached hydrogen (secondary N) is 2. The maximum absolute atomic E-state index is 12.9. The van der Waals surface area contributed by atoms with Crippen LogP contribution in [0.3, 0.4) is 0 Å². The predicted molar refractivity (Wildman–Crippen MR) is 134 cm³/mol. The zero-order valence-electron chi connectivity index (χ0n) is 20.2. The number of fused-ring (bicyclic) bond motifs is 3. The lowest BCUT2D eigenvalue weighted by atomic mass is 9.98. The molecule has 2 amide bonds. The van der Waals surface area contributed by atoms with Crippen molar-refractivity contribution in [3.05, 3.63) is 72.3 Å². The molecule has 1 aliphatic carbocycles. The summed E-state index contributed by atoms with van der Waals surface area (Å²) in [5, 5.41) is 14.6. The number of nitrogens with zero attached hydrogens (tertiary/aromatic N) is 1. The summed E-state index contributed by atoms with van der Waals surface area (Å²) >= 11 is 0. The summed E-state index contributed by atoms with van der Waals surface area (Å²) in [6, 6.07) is 14.1. The minimum atomic E-state index is -1.13. The third kappa shape index (κ3) is 6.70. The van der Waals surface area contributed by atoms with Crippen molar-refractivity contribution >= 4 is 18.0 Å². The van der Waals surface area contributed by atoms with E-state index in [-0.39, 0.29) is 18.9 Å². The Balaban J connectivity index is 1.66. The molecule has 0 radical (unpaired) electrons. The van der Waals surface area contributed by atoms with Crippen molar-refractivity contribution in [2.24, 2.45) is 0 Å². The van der Waals surface area contributed by atoms with E-state index in [1.165, 1.54) is 0 Å². The van der Waals surface area contributed by atoms with Gasteiger partial charge in [0.25, 0.3) is 0 Å². The highest BCUT2D eigenvalue weighted by atomic mass is 16.5. The van der Waals surface area contributed by atoms with Gasteiger partial charge in [-0.3, -0.25) is 4.79 Å². The lowest BCUT2D eigenvalue weighted by molar-refractivity contribution is -0.142. The van der Waals surface area contributed by atoms with E-state index in [2.05, 4.69) is 29.3 Å². The van der Waals surface area contributed by atoms with Crippen LogP contribution < -0.4 is 10.6 Å². The second kappa shape index (κ2) is 12.2. The van der Waals surface area contributed by atoms with Gasteiger partial charge in [-0.15, -0.1) is 6.58 Å². The summed E-state index contributed by atoms with van der Waals surface area (Å²) in [5.74, 6) is -1.79. The fourth-order valence-corrected chi connectivity index (χ4v) is 4.25. The molecular weight excluding hydrogens is 446 g/mol. The Morgan fingerprint density at radius 2 is 1.60 bits per heavy atom. The largest absolute Gasteiger partial charge is 0.480 e. The highest BCUT2D eigenvalue weighted by Gasteiger charge is 2.30. The van der Waals surface area contributed by atoms with Crippen molar-refractivity contribution < 1.29 is 24.2 Å². The molecule has 0 saturated carbocycles. The van der Waals surface area contributed by atoms with E-state index in [4.69, 9.17) is 4.74 Å². The Bertz CT molecular complexity index is 1020. The van der Waals surface area contributed by atoms with Crippen molar-refractivity contribution in [2.75, 3.05) is 27.2 Å². The van der Waals surface area contributed by atoms with E-state index in [0.29, 0.717) is 19.4 Å². The molecule has 186 valence electrons. The maximum atomic E-state index is 12.9. The molecule has 0 fully saturated rings. The van der Waals surface area contributed by atoms with Gasteiger partial charge in [-0.05, 0) is 62.2 Å². The van der Waals surface area contributed by atoms with Gasteiger partial charge in [0.05, 0.1) is 0 Å². The molecule has 0 aromatic heterocycles. The van der Waals surface area contributed by atoms with Gasteiger partial charge in [0, 0.05) is 5.92 Å². The molecule has 2 aromatic carbocycles. The quantitative estimate of drug-likeness (QED) is 0.403. The zero-order valence-corrected chi connectivity index (χ0v) is 20.2. The molecule has 3 rings (SSSR count). The van der Waals surface area contributed by atoms with Gasteiger partial charge >= 0.3 is 12.1 Å². The second-order valence-electron chi connectivity index (χ2n) is 8.88. The maximum Gasteiger partial charge on any atom is 0.407 e. The number of hydrogen-bond acceptors (Lipinski definition) is 5. The smallest absolute Gasteiger partial charge is 0.407 e. The van der Waals surface area contributed by atoms with Crippen molar-refractivity contribution in [3.8, 4) is 11.1 Å². The number of aliphatic carboxylic acids is 1. The number of ether oxygens (including phenoxy) is 1. The van der Waals surface area contributed by atoms with Gasteiger partial charge in [-0.1, -0.05) is 54.6 Å². The summed E-state index contributed by atoms with van der Waals surface area (Å²) < 4.78 is 5.57. The topological polar surface area (TPSA) is 108 Å². The van der Waals surface area contributed by atoms with Crippen molar-refractivity contribution in [3.63, 3.8) is 0 Å². The van der Waals surface area contributed by atoms with Crippen LogP contribution in [0.2, 0.25) is 0 Å². The van der Waals surface area contributed by atoms with Crippen LogP contribution in [-0.4, -0.2) is 67.3 Å². The molecule has 0 spiro atoms. The summed E-state index contributed by atoms with van der Waals surface area (Å²) in [5.41, 5.74) is 4.43. The molecule has 0 heterocycles. The summed E-state index contributed by atoms with van der Waals surface area (Å²) in [6.07, 6.45) is 1.84. The van der Waals surface area contributed by atoms with E-state index in [1.54, 1.807) is 6.08 Å². The van der Waals surface area contributed by atoms with E-state index >= 15 is 0 Å². The van der Waals surface area contributed by atoms with Crippen LogP contribution in [0.25, 0.3) is 11.1 Å². The molecule has 0 saturated heterocycles. The highest BCUT2D eigenvalue weighted by molar-refractivity contribution is 5.89. The first kappa shape index (κ1) is 26.0. The van der Waals surface area contributed by atoms with Gasteiger partial charge < -0.3 is 25.4 Å². The Hall–Kier alpha value is -3.65. The van der Waals surface area contributed by atoms with Crippen LogP contribution in [-0.2, 0) is 14.3 Å². The molecule has 0 bridgehead atoms. The van der Waals surface area contributed by atoms with Crippen LogP contribution in [0.1, 0.15) is 36.3 Å². The average Bonchev–Trinajstić information content (AvgIpc) is 3.16. The first-order valence-corrected chi connectivity index (χ1v) is 11.7. The van der Waals surface area contributed by atoms with E-state index in [1.807, 2.05) is 55.4 Å². The number of benzene rings is 2. The molecule has 0 aliphatic heterocycles. The number of carboxylic acids is 1. The molecule has 8 heteroatoms. The fraction of sp³-hybridized carbons (Fsp3) is 0.370. The van der Waals surface area contributed by atoms with Gasteiger partial charge in [-0.25, -0.2) is 9.59 Å². The van der Waals surface area contributed by atoms with Crippen LogP contribution in [0.15, 0.2) is 61.2 Å². The molecule has 2 unspecified atom stereocenters. The fourth-order valence-electron chi connectivity index (χ4n) is 4.25. The summed E-state index contributed by atoms with van der Waals surface area (Å²) in [7, 11) is 3.71. The Morgan fingerprint density at radius 1 is 1.00 bits per heavy atom. The molecular formula is C27H33N3O5. The van der Waals surface area contributed by atoms with Gasteiger partial charge in [-0.2, -0.15) is 0 Å². The summed E-state index contributed by atoms with van der Waals surface area (Å²) in [6.45, 7) is 4.24. The normalized spacial score (nSPS) is 13.9. The van der Waals surface area contributed by atoms with Gasteiger partial charge in [0.15, 0.2) is 0 Å². The van der Waals surface area contributed by atoms with Gasteiger partial charge in [0.2, 0.25) is 5.91 Å². The van der Waals surface area contributed by atoms with Crippen molar-refractivity contribution in [1.82, 2.24) is 15.5 Å². The number of allylic oxidation sites excluding steroid dienone is 1. The highest BCUT2D eigenvalue weighted by Crippen LogP contribution is 2.44. The lowest BCUT2D eigenvalue weighted by Crippen LogP contribution is -2.52. The number of alkyl carbamates (subject to hydrolysis) is 1. The number of rotatable bonds is 12. The average molecular weight is 480 g/mol. The third-order valence-corrected chi connectivity index (χ3v) is 6.09. The van der Waals surface area contributed by atoms with Crippen molar-refractivity contribution in [2.45, 2.75) is 37.3 Å². The Labute approximate surface area is 206 Å². The Morgan fingerprint density at radius 3 is 2.14 bits per heavy atom. The molecule has 2 aromatic rings. The van der Waals surface area contributed by atoms with Crippen LogP contribution in [0.4, 0.5) is 4.79 Å². The minimum Gasteiger partial charge on any atom is -0.480 e. The molecule has 1 aliphatic rings. The monoisotopic (exact) mass is 479 g/mol.